The number of benzene rings is 1. The van der Waals surface area contributed by atoms with Gasteiger partial charge in [0.05, 0.1) is 5.69 Å². The first-order valence-electron chi connectivity index (χ1n) is 8.86. The summed E-state index contributed by atoms with van der Waals surface area (Å²) in [5.41, 5.74) is 2.74. The fourth-order valence-corrected chi connectivity index (χ4v) is 3.26. The Bertz CT molecular complexity index is 810. The van der Waals surface area contributed by atoms with E-state index in [1.807, 2.05) is 13.8 Å². The molecular formula is C19H22FN3O3. The first kappa shape index (κ1) is 18.1. The van der Waals surface area contributed by atoms with Crippen molar-refractivity contribution in [1.82, 2.24) is 14.7 Å². The topological polar surface area (TPSA) is 64.4 Å². The molecule has 1 aromatic carbocycles. The van der Waals surface area contributed by atoms with E-state index in [9.17, 15) is 14.0 Å². The molecule has 1 aromatic heterocycles. The molecule has 0 N–H and O–H groups in total. The highest BCUT2D eigenvalue weighted by Crippen LogP contribution is 2.28. The molecule has 138 valence electrons. The summed E-state index contributed by atoms with van der Waals surface area (Å²) in [5, 5.41) is 4.39. The van der Waals surface area contributed by atoms with Crippen LogP contribution in [0.4, 0.5) is 4.39 Å². The Balaban J connectivity index is 1.80. The van der Waals surface area contributed by atoms with Gasteiger partial charge in [-0.2, -0.15) is 5.10 Å². The third kappa shape index (κ3) is 3.47. The van der Waals surface area contributed by atoms with Gasteiger partial charge < -0.3 is 9.64 Å². The zero-order valence-electron chi connectivity index (χ0n) is 15.0. The maximum Gasteiger partial charge on any atom is 0.359 e. The van der Waals surface area contributed by atoms with Crippen LogP contribution in [0.1, 0.15) is 42.0 Å². The number of likely N-dealkylation sites (N-methyl/N-ethyl adjacent to an activating group) is 1. The third-order valence-electron chi connectivity index (χ3n) is 4.64. The van der Waals surface area contributed by atoms with E-state index >= 15 is 0 Å². The highest BCUT2D eigenvalue weighted by atomic mass is 19.1. The van der Waals surface area contributed by atoms with Crippen molar-refractivity contribution in [2.45, 2.75) is 33.1 Å². The lowest BCUT2D eigenvalue weighted by atomic mass is 10.2. The van der Waals surface area contributed by atoms with Gasteiger partial charge in [0.15, 0.2) is 12.3 Å². The van der Waals surface area contributed by atoms with Crippen LogP contribution in [0.2, 0.25) is 0 Å². The summed E-state index contributed by atoms with van der Waals surface area (Å²) in [6, 6.07) is 5.97. The molecule has 6 nitrogen and oxygen atoms in total. The van der Waals surface area contributed by atoms with E-state index in [0.29, 0.717) is 18.8 Å². The fourth-order valence-electron chi connectivity index (χ4n) is 3.26. The van der Waals surface area contributed by atoms with E-state index in [-0.39, 0.29) is 24.0 Å². The van der Waals surface area contributed by atoms with Gasteiger partial charge in [0.25, 0.3) is 5.91 Å². The van der Waals surface area contributed by atoms with Crippen molar-refractivity contribution >= 4 is 11.9 Å². The lowest BCUT2D eigenvalue weighted by Crippen LogP contribution is -2.34. The standard InChI is InChI=1S/C19H22FN3O3/c1-3-22(4-2)17(24)12-26-19(25)18-15-6-5-7-16(15)23(21-18)14-10-8-13(20)9-11-14/h8-11H,3-7,12H2,1-2H3. The number of hydrogen-bond donors (Lipinski definition) is 0. The molecule has 0 atom stereocenters. The lowest BCUT2D eigenvalue weighted by molar-refractivity contribution is -0.134. The van der Waals surface area contributed by atoms with Crippen molar-refractivity contribution in [1.29, 1.82) is 0 Å². The average Bonchev–Trinajstić information content (AvgIpc) is 3.24. The fraction of sp³-hybridized carbons (Fsp3) is 0.421. The van der Waals surface area contributed by atoms with Crippen LogP contribution in [0.3, 0.4) is 0 Å². The number of esters is 1. The number of fused-ring (bicyclic) bond motifs is 1. The number of amides is 1. The molecule has 0 aliphatic heterocycles. The second-order valence-corrected chi connectivity index (χ2v) is 6.16. The lowest BCUT2D eigenvalue weighted by Gasteiger charge is -2.18. The predicted octanol–water partition coefficient (Wildman–Crippen LogP) is 2.53. The first-order chi connectivity index (χ1) is 12.5. The summed E-state index contributed by atoms with van der Waals surface area (Å²) in [5.74, 6) is -1.14. The predicted molar refractivity (Wildman–Crippen MR) is 93.8 cm³/mol. The van der Waals surface area contributed by atoms with Crippen LogP contribution in [0.5, 0.6) is 0 Å². The summed E-state index contributed by atoms with van der Waals surface area (Å²) >= 11 is 0. The largest absolute Gasteiger partial charge is 0.451 e. The van der Waals surface area contributed by atoms with Crippen molar-refractivity contribution < 1.29 is 18.7 Å². The van der Waals surface area contributed by atoms with Gasteiger partial charge in [-0.05, 0) is 57.4 Å². The van der Waals surface area contributed by atoms with Crippen LogP contribution in [0, 0.1) is 5.82 Å². The molecule has 1 amide bonds. The molecule has 2 aromatic rings. The van der Waals surface area contributed by atoms with E-state index in [1.54, 1.807) is 21.7 Å². The Hall–Kier alpha value is -2.70. The molecule has 0 saturated carbocycles. The molecule has 0 fully saturated rings. The minimum absolute atomic E-state index is 0.224. The van der Waals surface area contributed by atoms with Gasteiger partial charge in [-0.25, -0.2) is 13.9 Å². The first-order valence-corrected chi connectivity index (χ1v) is 8.86. The van der Waals surface area contributed by atoms with E-state index < -0.39 is 5.97 Å². The van der Waals surface area contributed by atoms with E-state index in [2.05, 4.69) is 5.10 Å². The van der Waals surface area contributed by atoms with Gasteiger partial charge in [-0.1, -0.05) is 0 Å². The van der Waals surface area contributed by atoms with Gasteiger partial charge in [0, 0.05) is 24.3 Å². The SMILES string of the molecule is CCN(CC)C(=O)COC(=O)c1nn(-c2ccc(F)cc2)c2c1CCC2. The summed E-state index contributed by atoms with van der Waals surface area (Å²) in [6.07, 6.45) is 2.46. The zero-order valence-corrected chi connectivity index (χ0v) is 15.0. The van der Waals surface area contributed by atoms with Crippen LogP contribution in [0.15, 0.2) is 24.3 Å². The molecule has 0 unspecified atom stereocenters. The average molecular weight is 359 g/mol. The Kier molecular flexibility index (Phi) is 5.35. The van der Waals surface area contributed by atoms with E-state index in [1.165, 1.54) is 12.1 Å². The highest BCUT2D eigenvalue weighted by molar-refractivity contribution is 5.91. The quantitative estimate of drug-likeness (QED) is 0.744. The molecule has 26 heavy (non-hydrogen) atoms. The maximum absolute atomic E-state index is 13.2. The van der Waals surface area contributed by atoms with Crippen LogP contribution < -0.4 is 0 Å². The number of aromatic nitrogens is 2. The van der Waals surface area contributed by atoms with Crippen molar-refractivity contribution in [3.63, 3.8) is 0 Å². The molecule has 0 radical (unpaired) electrons. The molecule has 7 heteroatoms. The second-order valence-electron chi connectivity index (χ2n) is 6.16. The van der Waals surface area contributed by atoms with Gasteiger partial charge in [-0.15, -0.1) is 0 Å². The second kappa shape index (κ2) is 7.68. The molecule has 3 rings (SSSR count). The van der Waals surface area contributed by atoms with Gasteiger partial charge in [0.1, 0.15) is 5.82 Å². The number of ether oxygens (including phenoxy) is 1. The smallest absolute Gasteiger partial charge is 0.359 e. The molecule has 0 saturated heterocycles. The Labute approximate surface area is 151 Å². The van der Waals surface area contributed by atoms with Crippen LogP contribution in [-0.2, 0) is 22.4 Å². The maximum atomic E-state index is 13.2. The molecule has 1 aliphatic rings. The number of nitrogens with zero attached hydrogens (tertiary/aromatic N) is 3. The van der Waals surface area contributed by atoms with Crippen molar-refractivity contribution in [3.8, 4) is 5.69 Å². The zero-order chi connectivity index (χ0) is 18.7. The summed E-state index contributed by atoms with van der Waals surface area (Å²) in [6.45, 7) is 4.60. The summed E-state index contributed by atoms with van der Waals surface area (Å²) in [7, 11) is 0. The van der Waals surface area contributed by atoms with Crippen LogP contribution >= 0.6 is 0 Å². The third-order valence-corrected chi connectivity index (χ3v) is 4.64. The number of hydrogen-bond acceptors (Lipinski definition) is 4. The Morgan fingerprint density at radius 1 is 1.19 bits per heavy atom. The van der Waals surface area contributed by atoms with Crippen molar-refractivity contribution in [2.75, 3.05) is 19.7 Å². The van der Waals surface area contributed by atoms with Gasteiger partial charge in [0.2, 0.25) is 0 Å². The van der Waals surface area contributed by atoms with E-state index in [4.69, 9.17) is 4.74 Å². The van der Waals surface area contributed by atoms with Crippen molar-refractivity contribution in [3.05, 3.63) is 47.0 Å². The number of rotatable bonds is 6. The molecule has 0 spiro atoms. The number of halogens is 1. The van der Waals surface area contributed by atoms with Crippen LogP contribution in [0.25, 0.3) is 5.69 Å². The van der Waals surface area contributed by atoms with E-state index in [0.717, 1.165) is 30.5 Å². The van der Waals surface area contributed by atoms with Gasteiger partial charge in [-0.3, -0.25) is 4.79 Å². The minimum atomic E-state index is -0.593. The van der Waals surface area contributed by atoms with Crippen molar-refractivity contribution in [2.24, 2.45) is 0 Å². The molecular weight excluding hydrogens is 337 g/mol. The molecule has 1 aliphatic carbocycles. The highest BCUT2D eigenvalue weighted by Gasteiger charge is 2.28. The van der Waals surface area contributed by atoms with Gasteiger partial charge >= 0.3 is 5.97 Å². The normalized spacial score (nSPS) is 12.7. The molecule has 0 bridgehead atoms. The Morgan fingerprint density at radius 3 is 2.54 bits per heavy atom. The van der Waals surface area contributed by atoms with Crippen LogP contribution in [-0.4, -0.2) is 46.3 Å². The monoisotopic (exact) mass is 359 g/mol. The minimum Gasteiger partial charge on any atom is -0.451 e. The summed E-state index contributed by atoms with van der Waals surface area (Å²) < 4.78 is 20.0. The summed E-state index contributed by atoms with van der Waals surface area (Å²) in [4.78, 5) is 26.1. The number of carbonyl (C=O) groups is 2. The molecule has 1 heterocycles. The Morgan fingerprint density at radius 2 is 1.88 bits per heavy atom. The number of carbonyl (C=O) groups excluding carboxylic acids is 2.